The zero-order valence-electron chi connectivity index (χ0n) is 11.6. The quantitative estimate of drug-likeness (QED) is 0.849. The molecule has 1 aliphatic carbocycles. The van der Waals surface area contributed by atoms with Crippen LogP contribution in [0.4, 0.5) is 0 Å². The van der Waals surface area contributed by atoms with Crippen molar-refractivity contribution >= 4 is 5.97 Å². The molecular formula is C15H20O4. The maximum atomic E-state index is 11.7. The van der Waals surface area contributed by atoms with Crippen molar-refractivity contribution in [2.45, 2.75) is 31.8 Å². The lowest BCUT2D eigenvalue weighted by Crippen LogP contribution is -2.41. The van der Waals surface area contributed by atoms with Crippen LogP contribution in [0.5, 0.6) is 5.75 Å². The molecule has 2 rings (SSSR count). The van der Waals surface area contributed by atoms with Crippen LogP contribution in [0.1, 0.15) is 30.9 Å². The van der Waals surface area contributed by atoms with Gasteiger partial charge in [0.2, 0.25) is 0 Å². The van der Waals surface area contributed by atoms with Gasteiger partial charge in [0.05, 0.1) is 20.1 Å². The third-order valence-electron chi connectivity index (χ3n) is 4.05. The number of methoxy groups -OCH3 is 2. The monoisotopic (exact) mass is 264 g/mol. The van der Waals surface area contributed by atoms with Gasteiger partial charge in [-0.25, -0.2) is 0 Å². The first-order chi connectivity index (χ1) is 9.02. The number of rotatable bonds is 3. The van der Waals surface area contributed by atoms with Crippen LogP contribution < -0.4 is 4.74 Å². The molecule has 2 unspecified atom stereocenters. The number of ether oxygens (including phenoxy) is 2. The lowest BCUT2D eigenvalue weighted by molar-refractivity contribution is -0.156. The molecule has 4 heteroatoms. The van der Waals surface area contributed by atoms with E-state index in [2.05, 4.69) is 0 Å². The Hall–Kier alpha value is -1.55. The first-order valence-corrected chi connectivity index (χ1v) is 6.50. The fraction of sp³-hybridized carbons (Fsp3) is 0.533. The molecule has 1 N–H and O–H groups in total. The summed E-state index contributed by atoms with van der Waals surface area (Å²) in [5, 5.41) is 10.9. The maximum absolute atomic E-state index is 11.7. The summed E-state index contributed by atoms with van der Waals surface area (Å²) in [7, 11) is 2.97. The van der Waals surface area contributed by atoms with Crippen LogP contribution in [0.25, 0.3) is 0 Å². The Morgan fingerprint density at radius 1 is 1.42 bits per heavy atom. The Morgan fingerprint density at radius 3 is 2.79 bits per heavy atom. The van der Waals surface area contributed by atoms with E-state index in [4.69, 9.17) is 9.47 Å². The topological polar surface area (TPSA) is 55.8 Å². The summed E-state index contributed by atoms with van der Waals surface area (Å²) in [6, 6.07) is 5.61. The predicted molar refractivity (Wildman–Crippen MR) is 71.0 cm³/mol. The van der Waals surface area contributed by atoms with Crippen molar-refractivity contribution in [3.8, 4) is 5.75 Å². The van der Waals surface area contributed by atoms with Gasteiger partial charge >= 0.3 is 5.97 Å². The summed E-state index contributed by atoms with van der Waals surface area (Å²) >= 11 is 0. The molecule has 0 saturated carbocycles. The van der Waals surface area contributed by atoms with E-state index in [-0.39, 0.29) is 5.97 Å². The van der Waals surface area contributed by atoms with Crippen molar-refractivity contribution in [1.29, 1.82) is 0 Å². The van der Waals surface area contributed by atoms with Crippen molar-refractivity contribution in [2.24, 2.45) is 5.92 Å². The molecular weight excluding hydrogens is 244 g/mol. The molecule has 0 spiro atoms. The number of esters is 1. The fourth-order valence-electron chi connectivity index (χ4n) is 2.83. The molecule has 0 aromatic heterocycles. The molecule has 0 bridgehead atoms. The zero-order chi connectivity index (χ0) is 14.0. The molecule has 1 aliphatic rings. The van der Waals surface area contributed by atoms with Crippen LogP contribution in [0.15, 0.2) is 18.2 Å². The van der Waals surface area contributed by atoms with E-state index in [1.54, 1.807) is 14.0 Å². The summed E-state index contributed by atoms with van der Waals surface area (Å²) in [6.07, 6.45) is 2.31. The number of carbonyl (C=O) groups excluding carboxylic acids is 1. The Morgan fingerprint density at radius 2 is 2.16 bits per heavy atom. The van der Waals surface area contributed by atoms with E-state index in [0.29, 0.717) is 6.42 Å². The normalized spacial score (nSPS) is 23.4. The zero-order valence-corrected chi connectivity index (χ0v) is 11.6. The number of carbonyl (C=O) groups is 1. The Bertz CT molecular complexity index is 483. The van der Waals surface area contributed by atoms with Gasteiger partial charge < -0.3 is 14.6 Å². The molecule has 1 aromatic carbocycles. The molecule has 1 aromatic rings. The third kappa shape index (κ3) is 2.32. The minimum atomic E-state index is -1.15. The average molecular weight is 264 g/mol. The molecule has 2 atom stereocenters. The molecule has 0 aliphatic heterocycles. The van der Waals surface area contributed by atoms with Crippen LogP contribution in [0, 0.1) is 5.92 Å². The van der Waals surface area contributed by atoms with E-state index in [1.165, 1.54) is 7.11 Å². The Kier molecular flexibility index (Phi) is 3.80. The lowest BCUT2D eigenvalue weighted by Gasteiger charge is -2.38. The van der Waals surface area contributed by atoms with Gasteiger partial charge in [-0.05, 0) is 49.4 Å². The Labute approximate surface area is 113 Å². The lowest BCUT2D eigenvalue weighted by atomic mass is 9.72. The maximum Gasteiger partial charge on any atom is 0.311 e. The van der Waals surface area contributed by atoms with Crippen molar-refractivity contribution < 1.29 is 19.4 Å². The third-order valence-corrected chi connectivity index (χ3v) is 4.05. The van der Waals surface area contributed by atoms with Crippen LogP contribution in [-0.2, 0) is 21.6 Å². The number of hydrogen-bond donors (Lipinski definition) is 1. The smallest absolute Gasteiger partial charge is 0.311 e. The van der Waals surface area contributed by atoms with Crippen LogP contribution in [0.3, 0.4) is 0 Å². The van der Waals surface area contributed by atoms with Crippen LogP contribution >= 0.6 is 0 Å². The fourth-order valence-corrected chi connectivity index (χ4v) is 2.83. The molecule has 104 valence electrons. The van der Waals surface area contributed by atoms with Crippen molar-refractivity contribution in [3.63, 3.8) is 0 Å². The van der Waals surface area contributed by atoms with Gasteiger partial charge in [-0.15, -0.1) is 0 Å². The largest absolute Gasteiger partial charge is 0.497 e. The second-order valence-electron chi connectivity index (χ2n) is 5.05. The first kappa shape index (κ1) is 13.9. The average Bonchev–Trinajstić information content (AvgIpc) is 2.45. The highest BCUT2D eigenvalue weighted by Gasteiger charge is 2.43. The predicted octanol–water partition coefficient (Wildman–Crippen LogP) is 2.03. The number of benzene rings is 1. The molecule has 0 amide bonds. The SMILES string of the molecule is COC(=O)C(C)C1(O)CCCc2cc(OC)ccc21. The number of aryl methyl sites for hydroxylation is 1. The molecule has 0 fully saturated rings. The van der Waals surface area contributed by atoms with Gasteiger partial charge in [-0.2, -0.15) is 0 Å². The van der Waals surface area contributed by atoms with Crippen LogP contribution in [0.2, 0.25) is 0 Å². The highest BCUT2D eigenvalue weighted by atomic mass is 16.5. The van der Waals surface area contributed by atoms with Crippen molar-refractivity contribution in [3.05, 3.63) is 29.3 Å². The molecule has 0 saturated heterocycles. The number of aliphatic hydroxyl groups is 1. The van der Waals surface area contributed by atoms with Gasteiger partial charge in [-0.3, -0.25) is 4.79 Å². The van der Waals surface area contributed by atoms with E-state index >= 15 is 0 Å². The van der Waals surface area contributed by atoms with Gasteiger partial charge in [0, 0.05) is 0 Å². The number of fused-ring (bicyclic) bond motifs is 1. The second-order valence-corrected chi connectivity index (χ2v) is 5.05. The van der Waals surface area contributed by atoms with Gasteiger partial charge in [0.1, 0.15) is 11.4 Å². The summed E-state index contributed by atoms with van der Waals surface area (Å²) < 4.78 is 9.97. The standard InChI is InChI=1S/C15H20O4/c1-10(14(16)19-3)15(17)8-4-5-11-9-12(18-2)6-7-13(11)15/h6-7,9-10,17H,4-5,8H2,1-3H3. The van der Waals surface area contributed by atoms with Gasteiger partial charge in [0.15, 0.2) is 0 Å². The van der Waals surface area contributed by atoms with Crippen LogP contribution in [-0.4, -0.2) is 25.3 Å². The highest BCUT2D eigenvalue weighted by molar-refractivity contribution is 5.74. The van der Waals surface area contributed by atoms with E-state index in [9.17, 15) is 9.90 Å². The molecule has 0 radical (unpaired) electrons. The van der Waals surface area contributed by atoms with Gasteiger partial charge in [-0.1, -0.05) is 6.07 Å². The molecule has 0 heterocycles. The first-order valence-electron chi connectivity index (χ1n) is 6.50. The number of hydrogen-bond acceptors (Lipinski definition) is 4. The second kappa shape index (κ2) is 5.21. The van der Waals surface area contributed by atoms with Crippen molar-refractivity contribution in [1.82, 2.24) is 0 Å². The van der Waals surface area contributed by atoms with E-state index < -0.39 is 11.5 Å². The molecule has 4 nitrogen and oxygen atoms in total. The molecule has 19 heavy (non-hydrogen) atoms. The van der Waals surface area contributed by atoms with E-state index in [1.807, 2.05) is 18.2 Å². The van der Waals surface area contributed by atoms with Crippen molar-refractivity contribution in [2.75, 3.05) is 14.2 Å². The van der Waals surface area contributed by atoms with E-state index in [0.717, 1.165) is 29.7 Å². The minimum absolute atomic E-state index is 0.383. The summed E-state index contributed by atoms with van der Waals surface area (Å²) in [6.45, 7) is 1.71. The Balaban J connectivity index is 2.43. The minimum Gasteiger partial charge on any atom is -0.497 e. The summed E-state index contributed by atoms with van der Waals surface area (Å²) in [5.41, 5.74) is 0.716. The van der Waals surface area contributed by atoms with Gasteiger partial charge in [0.25, 0.3) is 0 Å². The highest BCUT2D eigenvalue weighted by Crippen LogP contribution is 2.42. The summed E-state index contributed by atoms with van der Waals surface area (Å²) in [5.74, 6) is -0.190. The summed E-state index contributed by atoms with van der Waals surface area (Å²) in [4.78, 5) is 11.7.